The summed E-state index contributed by atoms with van der Waals surface area (Å²) in [6.45, 7) is 4.94. The Morgan fingerprint density at radius 1 is 1.00 bits per heavy atom. The summed E-state index contributed by atoms with van der Waals surface area (Å²) < 4.78 is 12.2. The van der Waals surface area contributed by atoms with Gasteiger partial charge in [-0.2, -0.15) is 0 Å². The third-order valence-corrected chi connectivity index (χ3v) is 3.79. The molecule has 0 unspecified atom stereocenters. The first-order valence-electron chi connectivity index (χ1n) is 7.39. The van der Waals surface area contributed by atoms with Gasteiger partial charge in [-0.3, -0.25) is 4.79 Å². The van der Waals surface area contributed by atoms with Crippen molar-refractivity contribution >= 4 is 28.5 Å². The number of carbonyl (C=O) groups excluding carboxylic acids is 1. The number of halogens is 1. The van der Waals surface area contributed by atoms with Crippen molar-refractivity contribution in [1.29, 1.82) is 0 Å². The molecule has 1 N–H and O–H groups in total. The lowest BCUT2D eigenvalue weighted by Gasteiger charge is -2.10. The highest BCUT2D eigenvalue weighted by atomic mass is 127. The lowest BCUT2D eigenvalue weighted by molar-refractivity contribution is -0.123. The Hall–Kier alpha value is -1.76. The summed E-state index contributed by atoms with van der Waals surface area (Å²) in [4.78, 5) is 11.7. The van der Waals surface area contributed by atoms with Crippen LogP contribution in [0.3, 0.4) is 0 Å². The smallest absolute Gasteiger partial charge is 0.258 e. The zero-order valence-corrected chi connectivity index (χ0v) is 15.4. The van der Waals surface area contributed by atoms with Crippen LogP contribution in [0.15, 0.2) is 42.5 Å². The summed E-state index contributed by atoms with van der Waals surface area (Å²) in [6, 6.07) is 13.6. The summed E-state index contributed by atoms with van der Waals surface area (Å²) in [6.07, 6.45) is 0. The Bertz CT molecular complexity index is 636. The number of aryl methyl sites for hydroxylation is 2. The van der Waals surface area contributed by atoms with Gasteiger partial charge in [-0.25, -0.2) is 0 Å². The first kappa shape index (κ1) is 17.6. The first-order chi connectivity index (χ1) is 11.0. The van der Waals surface area contributed by atoms with Crippen LogP contribution in [0.25, 0.3) is 0 Å². The van der Waals surface area contributed by atoms with Crippen LogP contribution in [0.1, 0.15) is 11.1 Å². The van der Waals surface area contributed by atoms with E-state index < -0.39 is 0 Å². The zero-order chi connectivity index (χ0) is 16.7. The third kappa shape index (κ3) is 6.48. The van der Waals surface area contributed by atoms with E-state index in [1.54, 1.807) is 0 Å². The molecule has 0 saturated heterocycles. The van der Waals surface area contributed by atoms with Gasteiger partial charge in [0.05, 0.1) is 6.54 Å². The van der Waals surface area contributed by atoms with Crippen molar-refractivity contribution in [3.05, 3.63) is 57.2 Å². The number of nitrogens with one attached hydrogen (secondary N) is 1. The Morgan fingerprint density at radius 3 is 2.30 bits per heavy atom. The van der Waals surface area contributed by atoms with Crippen LogP contribution >= 0.6 is 22.6 Å². The molecular weight excluding hydrogens is 405 g/mol. The average Bonchev–Trinajstić information content (AvgIpc) is 2.50. The fourth-order valence-electron chi connectivity index (χ4n) is 2.11. The van der Waals surface area contributed by atoms with Crippen molar-refractivity contribution in [3.63, 3.8) is 0 Å². The molecule has 0 aliphatic carbocycles. The zero-order valence-electron chi connectivity index (χ0n) is 13.3. The van der Waals surface area contributed by atoms with Gasteiger partial charge in [0.25, 0.3) is 5.91 Å². The SMILES string of the molecule is Cc1cc(C)cc(OCCNC(=O)COc2ccc(I)cc2)c1. The van der Waals surface area contributed by atoms with Crippen molar-refractivity contribution in [3.8, 4) is 11.5 Å². The van der Waals surface area contributed by atoms with Crippen LogP contribution in [0.4, 0.5) is 0 Å². The molecule has 0 aromatic heterocycles. The molecule has 1 amide bonds. The lowest BCUT2D eigenvalue weighted by atomic mass is 10.1. The van der Waals surface area contributed by atoms with E-state index in [0.717, 1.165) is 20.4 Å². The number of hydrogen-bond acceptors (Lipinski definition) is 3. The maximum absolute atomic E-state index is 11.7. The minimum Gasteiger partial charge on any atom is -0.492 e. The Morgan fingerprint density at radius 2 is 1.65 bits per heavy atom. The van der Waals surface area contributed by atoms with Crippen molar-refractivity contribution in [2.45, 2.75) is 13.8 Å². The minimum atomic E-state index is -0.160. The predicted molar refractivity (Wildman–Crippen MR) is 99.1 cm³/mol. The van der Waals surface area contributed by atoms with Crippen LogP contribution in [0, 0.1) is 17.4 Å². The average molecular weight is 425 g/mol. The second kappa shape index (κ2) is 8.76. The fourth-order valence-corrected chi connectivity index (χ4v) is 2.47. The number of ether oxygens (including phenoxy) is 2. The van der Waals surface area contributed by atoms with E-state index in [4.69, 9.17) is 9.47 Å². The molecule has 2 aromatic rings. The summed E-state index contributed by atoms with van der Waals surface area (Å²) in [7, 11) is 0. The molecule has 0 heterocycles. The van der Waals surface area contributed by atoms with Gasteiger partial charge in [-0.15, -0.1) is 0 Å². The molecule has 23 heavy (non-hydrogen) atoms. The number of rotatable bonds is 7. The summed E-state index contributed by atoms with van der Waals surface area (Å²) in [5.74, 6) is 1.35. The van der Waals surface area contributed by atoms with Gasteiger partial charge in [0, 0.05) is 3.57 Å². The van der Waals surface area contributed by atoms with E-state index in [1.807, 2.05) is 50.2 Å². The van der Waals surface area contributed by atoms with Crippen LogP contribution in [-0.2, 0) is 4.79 Å². The first-order valence-corrected chi connectivity index (χ1v) is 8.47. The van der Waals surface area contributed by atoms with Gasteiger partial charge in [-0.1, -0.05) is 6.07 Å². The van der Waals surface area contributed by atoms with Crippen molar-refractivity contribution in [2.24, 2.45) is 0 Å². The van der Waals surface area contributed by atoms with Crippen LogP contribution in [0.5, 0.6) is 11.5 Å². The molecule has 0 aliphatic rings. The number of hydrogen-bond donors (Lipinski definition) is 1. The van der Waals surface area contributed by atoms with Crippen LogP contribution in [-0.4, -0.2) is 25.7 Å². The fraction of sp³-hybridized carbons (Fsp3) is 0.278. The van der Waals surface area contributed by atoms with Crippen LogP contribution in [0.2, 0.25) is 0 Å². The highest BCUT2D eigenvalue weighted by Crippen LogP contribution is 2.16. The second-order valence-corrected chi connectivity index (χ2v) is 6.51. The number of amides is 1. The Labute approximate surface area is 150 Å². The number of benzene rings is 2. The standard InChI is InChI=1S/C18H20INO3/c1-13-9-14(2)11-17(10-13)22-8-7-20-18(21)12-23-16-5-3-15(19)4-6-16/h3-6,9-11H,7-8,12H2,1-2H3,(H,20,21). The van der Waals surface area contributed by atoms with E-state index in [9.17, 15) is 4.79 Å². The molecule has 0 bridgehead atoms. The molecule has 0 radical (unpaired) electrons. The molecular formula is C18H20INO3. The monoisotopic (exact) mass is 425 g/mol. The van der Waals surface area contributed by atoms with Gasteiger partial charge in [0.1, 0.15) is 18.1 Å². The normalized spacial score (nSPS) is 10.2. The largest absolute Gasteiger partial charge is 0.492 e. The Balaban J connectivity index is 1.65. The minimum absolute atomic E-state index is 0.00411. The second-order valence-electron chi connectivity index (χ2n) is 5.26. The highest BCUT2D eigenvalue weighted by Gasteiger charge is 2.03. The third-order valence-electron chi connectivity index (χ3n) is 3.07. The quantitative estimate of drug-likeness (QED) is 0.546. The highest BCUT2D eigenvalue weighted by molar-refractivity contribution is 14.1. The van der Waals surface area contributed by atoms with Gasteiger partial charge >= 0.3 is 0 Å². The van der Waals surface area contributed by atoms with Crippen LogP contribution < -0.4 is 14.8 Å². The molecule has 0 aliphatic heterocycles. The molecule has 122 valence electrons. The molecule has 0 atom stereocenters. The summed E-state index contributed by atoms with van der Waals surface area (Å²) >= 11 is 2.22. The van der Waals surface area contributed by atoms with E-state index in [1.165, 1.54) is 0 Å². The molecule has 4 nitrogen and oxygen atoms in total. The van der Waals surface area contributed by atoms with Crippen molar-refractivity contribution in [2.75, 3.05) is 19.8 Å². The topological polar surface area (TPSA) is 47.6 Å². The van der Waals surface area contributed by atoms with E-state index in [-0.39, 0.29) is 12.5 Å². The molecule has 0 saturated carbocycles. The molecule has 0 spiro atoms. The van der Waals surface area contributed by atoms with Crippen molar-refractivity contribution < 1.29 is 14.3 Å². The lowest BCUT2D eigenvalue weighted by Crippen LogP contribution is -2.32. The van der Waals surface area contributed by atoms with Gasteiger partial charge in [0.2, 0.25) is 0 Å². The predicted octanol–water partition coefficient (Wildman–Crippen LogP) is 3.48. The van der Waals surface area contributed by atoms with Crippen molar-refractivity contribution in [1.82, 2.24) is 5.32 Å². The van der Waals surface area contributed by atoms with E-state index in [0.29, 0.717) is 18.9 Å². The van der Waals surface area contributed by atoms with Gasteiger partial charge < -0.3 is 14.8 Å². The summed E-state index contributed by atoms with van der Waals surface area (Å²) in [5.41, 5.74) is 2.32. The maximum atomic E-state index is 11.7. The number of carbonyl (C=O) groups is 1. The van der Waals surface area contributed by atoms with E-state index in [2.05, 4.69) is 34.0 Å². The molecule has 5 heteroatoms. The Kier molecular flexibility index (Phi) is 6.70. The molecule has 0 fully saturated rings. The summed E-state index contributed by atoms with van der Waals surface area (Å²) in [5, 5.41) is 2.77. The maximum Gasteiger partial charge on any atom is 0.258 e. The van der Waals surface area contributed by atoms with Gasteiger partial charge in [-0.05, 0) is 84.0 Å². The molecule has 2 rings (SSSR count). The van der Waals surface area contributed by atoms with Gasteiger partial charge in [0.15, 0.2) is 6.61 Å². The molecule has 2 aromatic carbocycles. The van der Waals surface area contributed by atoms with E-state index >= 15 is 0 Å².